The minimum absolute atomic E-state index is 0.0185. The second kappa shape index (κ2) is 5.67. The largest absolute Gasteiger partial charge is 0.574 e. The normalized spacial score (nSPS) is 11.4. The first-order valence-corrected chi connectivity index (χ1v) is 5.52. The van der Waals surface area contributed by atoms with Crippen LogP contribution in [0.15, 0.2) is 6.07 Å². The van der Waals surface area contributed by atoms with Gasteiger partial charge in [0.25, 0.3) is 0 Å². The van der Waals surface area contributed by atoms with E-state index in [9.17, 15) is 22.4 Å². The summed E-state index contributed by atoms with van der Waals surface area (Å²) in [7, 11) is 0. The molecule has 18 heavy (non-hydrogen) atoms. The molecule has 4 nitrogen and oxygen atoms in total. The van der Waals surface area contributed by atoms with Crippen molar-refractivity contribution in [2.24, 2.45) is 0 Å². The van der Waals surface area contributed by atoms with E-state index in [0.29, 0.717) is 0 Å². The van der Waals surface area contributed by atoms with E-state index in [4.69, 9.17) is 5.11 Å². The number of rotatable bonds is 4. The lowest BCUT2D eigenvalue weighted by Crippen LogP contribution is -2.19. The molecule has 0 unspecified atom stereocenters. The molecule has 0 radical (unpaired) electrons. The van der Waals surface area contributed by atoms with Gasteiger partial charge in [-0.15, -0.1) is 13.2 Å². The molecule has 0 saturated heterocycles. The Morgan fingerprint density at radius 3 is 2.56 bits per heavy atom. The number of nitrogens with zero attached hydrogens (tertiary/aromatic N) is 1. The third kappa shape index (κ3) is 4.27. The van der Waals surface area contributed by atoms with Gasteiger partial charge in [-0.05, 0) is 28.2 Å². The van der Waals surface area contributed by atoms with Crippen LogP contribution in [-0.4, -0.2) is 22.4 Å². The molecule has 1 N–H and O–H groups in total. The van der Waals surface area contributed by atoms with Crippen LogP contribution in [0.2, 0.25) is 0 Å². The second-order valence-electron chi connectivity index (χ2n) is 3.13. The fraction of sp³-hybridized carbons (Fsp3) is 0.333. The summed E-state index contributed by atoms with van der Waals surface area (Å²) in [4.78, 5) is 13.9. The third-order valence-corrected chi connectivity index (χ3v) is 3.08. The molecule has 0 bridgehead atoms. The molecule has 0 saturated carbocycles. The molecule has 0 amide bonds. The molecule has 1 aromatic heterocycles. The summed E-state index contributed by atoms with van der Waals surface area (Å²) >= 11 is 1.63. The predicted octanol–water partition coefficient (Wildman–Crippen LogP) is 2.68. The molecule has 0 aliphatic carbocycles. The number of ether oxygens (including phenoxy) is 1. The Morgan fingerprint density at radius 2 is 2.11 bits per heavy atom. The minimum atomic E-state index is -4.96. The minimum Gasteiger partial charge on any atom is -0.481 e. The lowest BCUT2D eigenvalue weighted by atomic mass is 10.1. The number of carbonyl (C=O) groups is 1. The number of pyridine rings is 1. The van der Waals surface area contributed by atoms with Crippen LogP contribution in [0.1, 0.15) is 11.3 Å². The molecule has 0 aliphatic heterocycles. The Hall–Kier alpha value is -1.13. The first-order chi connectivity index (χ1) is 8.23. The van der Waals surface area contributed by atoms with Gasteiger partial charge in [-0.25, -0.2) is 9.37 Å². The number of aliphatic carboxylic acids is 1. The van der Waals surface area contributed by atoms with Crippen LogP contribution in [0.4, 0.5) is 17.6 Å². The number of aromatic nitrogens is 1. The molecule has 1 aromatic rings. The number of carboxylic acids is 1. The Balaban J connectivity index is 3.17. The van der Waals surface area contributed by atoms with Crippen molar-refractivity contribution in [1.82, 2.24) is 4.98 Å². The monoisotopic (exact) mass is 379 g/mol. The summed E-state index contributed by atoms with van der Waals surface area (Å²) in [6.07, 6.45) is -5.50. The topological polar surface area (TPSA) is 59.4 Å². The molecule has 0 aliphatic rings. The summed E-state index contributed by atoms with van der Waals surface area (Å²) < 4.78 is 52.3. The number of halogens is 5. The van der Waals surface area contributed by atoms with Crippen LogP contribution in [0.5, 0.6) is 5.88 Å². The first-order valence-electron chi connectivity index (χ1n) is 4.44. The predicted molar refractivity (Wildman–Crippen MR) is 59.8 cm³/mol. The zero-order valence-electron chi connectivity index (χ0n) is 8.59. The van der Waals surface area contributed by atoms with Gasteiger partial charge in [0.05, 0.1) is 12.1 Å². The average Bonchev–Trinajstić information content (AvgIpc) is 2.19. The van der Waals surface area contributed by atoms with Crippen LogP contribution in [0, 0.1) is 3.57 Å². The molecule has 0 atom stereocenters. The molecule has 100 valence electrons. The molecule has 0 aromatic carbocycles. The van der Waals surface area contributed by atoms with Crippen molar-refractivity contribution in [3.8, 4) is 5.88 Å². The quantitative estimate of drug-likeness (QED) is 0.646. The van der Waals surface area contributed by atoms with Gasteiger partial charge < -0.3 is 9.84 Å². The zero-order valence-corrected chi connectivity index (χ0v) is 10.7. The summed E-state index contributed by atoms with van der Waals surface area (Å²) in [6.45, 7) is -1.11. The summed E-state index contributed by atoms with van der Waals surface area (Å²) in [6, 6.07) is 0.836. The maximum Gasteiger partial charge on any atom is 0.574 e. The van der Waals surface area contributed by atoms with Crippen molar-refractivity contribution in [3.63, 3.8) is 0 Å². The maximum atomic E-state index is 12.6. The Kier molecular flexibility index (Phi) is 4.71. The first kappa shape index (κ1) is 14.9. The highest BCUT2D eigenvalue weighted by Crippen LogP contribution is 2.26. The van der Waals surface area contributed by atoms with Gasteiger partial charge in [-0.3, -0.25) is 4.79 Å². The molecule has 1 rings (SSSR count). The van der Waals surface area contributed by atoms with E-state index in [0.717, 1.165) is 6.07 Å². The number of carboxylic acid groups (broad SMARTS) is 1. The highest BCUT2D eigenvalue weighted by molar-refractivity contribution is 14.1. The maximum absolute atomic E-state index is 12.6. The molecule has 9 heteroatoms. The van der Waals surface area contributed by atoms with Crippen molar-refractivity contribution >= 4 is 28.6 Å². The van der Waals surface area contributed by atoms with Crippen molar-refractivity contribution in [2.75, 3.05) is 0 Å². The summed E-state index contributed by atoms with van der Waals surface area (Å²) in [5, 5.41) is 8.60. The van der Waals surface area contributed by atoms with Gasteiger partial charge in [-0.1, -0.05) is 0 Å². The fourth-order valence-electron chi connectivity index (χ4n) is 1.16. The lowest BCUT2D eigenvalue weighted by Gasteiger charge is -2.12. The van der Waals surface area contributed by atoms with E-state index in [1.54, 1.807) is 22.6 Å². The number of hydrogen-bond donors (Lipinski definition) is 1. The zero-order chi connectivity index (χ0) is 13.9. The van der Waals surface area contributed by atoms with Gasteiger partial charge in [0.2, 0.25) is 5.88 Å². The van der Waals surface area contributed by atoms with E-state index in [2.05, 4.69) is 9.72 Å². The Labute approximate surface area is 112 Å². The van der Waals surface area contributed by atoms with Crippen LogP contribution >= 0.6 is 22.6 Å². The highest BCUT2D eigenvalue weighted by Gasteiger charge is 2.32. The third-order valence-electron chi connectivity index (χ3n) is 1.77. The smallest absolute Gasteiger partial charge is 0.481 e. The van der Waals surface area contributed by atoms with Crippen molar-refractivity contribution < 1.29 is 32.2 Å². The van der Waals surface area contributed by atoms with Crippen molar-refractivity contribution in [2.45, 2.75) is 19.5 Å². The molecule has 0 fully saturated rings. The summed E-state index contributed by atoms with van der Waals surface area (Å²) in [5.74, 6) is -2.12. The van der Waals surface area contributed by atoms with Gasteiger partial charge in [-0.2, -0.15) is 0 Å². The van der Waals surface area contributed by atoms with E-state index in [1.165, 1.54) is 0 Å². The molecular weight excluding hydrogens is 373 g/mol. The average molecular weight is 379 g/mol. The van der Waals surface area contributed by atoms with Crippen molar-refractivity contribution in [3.05, 3.63) is 20.9 Å². The van der Waals surface area contributed by atoms with Crippen LogP contribution < -0.4 is 4.74 Å². The summed E-state index contributed by atoms with van der Waals surface area (Å²) in [5.41, 5.74) is -0.265. The van der Waals surface area contributed by atoms with Crippen LogP contribution in [-0.2, 0) is 17.9 Å². The van der Waals surface area contributed by atoms with Crippen LogP contribution in [0.3, 0.4) is 0 Å². The Bertz CT molecular complexity index is 464. The number of alkyl halides is 4. The highest BCUT2D eigenvalue weighted by atomic mass is 127. The van der Waals surface area contributed by atoms with E-state index >= 15 is 0 Å². The van der Waals surface area contributed by atoms with E-state index < -0.39 is 31.3 Å². The van der Waals surface area contributed by atoms with Gasteiger partial charge in [0.15, 0.2) is 0 Å². The lowest BCUT2D eigenvalue weighted by molar-refractivity contribution is -0.276. The Morgan fingerprint density at radius 1 is 1.50 bits per heavy atom. The SMILES string of the molecule is O=C(O)Cc1cc(OC(F)(F)F)nc(CF)c1I. The standard InChI is InChI=1S/C9H6F4INO3/c10-3-5-8(14)4(2-7(16)17)1-6(15-5)18-9(11,12)13/h1H,2-3H2,(H,16,17). The van der Waals surface area contributed by atoms with Gasteiger partial charge in [0, 0.05) is 9.64 Å². The van der Waals surface area contributed by atoms with Gasteiger partial charge in [0.1, 0.15) is 6.67 Å². The molecule has 1 heterocycles. The van der Waals surface area contributed by atoms with E-state index in [-0.39, 0.29) is 14.8 Å². The van der Waals surface area contributed by atoms with E-state index in [1.807, 2.05) is 0 Å². The second-order valence-corrected chi connectivity index (χ2v) is 4.21. The molecular formula is C9H6F4INO3. The van der Waals surface area contributed by atoms with Crippen molar-refractivity contribution in [1.29, 1.82) is 0 Å². The fourth-order valence-corrected chi connectivity index (χ4v) is 1.77. The van der Waals surface area contributed by atoms with Gasteiger partial charge >= 0.3 is 12.3 Å². The van der Waals surface area contributed by atoms with Crippen LogP contribution in [0.25, 0.3) is 0 Å². The number of hydrogen-bond acceptors (Lipinski definition) is 3. The molecule has 0 spiro atoms.